The van der Waals surface area contributed by atoms with Gasteiger partial charge in [0.25, 0.3) is 0 Å². The van der Waals surface area contributed by atoms with Gasteiger partial charge in [0, 0.05) is 0 Å². The summed E-state index contributed by atoms with van der Waals surface area (Å²) < 4.78 is 28.9. The summed E-state index contributed by atoms with van der Waals surface area (Å²) in [7, 11) is -9.62. The SMILES string of the molecule is CC(C)CCOP(=O)(O)OP(=O)(O)O.NC1(C(=O)O)CC1. The summed E-state index contributed by atoms with van der Waals surface area (Å²) in [6.07, 6.45) is 1.78. The van der Waals surface area contributed by atoms with E-state index in [1.54, 1.807) is 0 Å². The number of nitrogens with two attached hydrogens (primary N) is 1. The Hall–Kier alpha value is -0.310. The molecule has 0 spiro atoms. The molecular formula is C9H21NO9P2. The fourth-order valence-corrected chi connectivity index (χ4v) is 2.51. The van der Waals surface area contributed by atoms with Gasteiger partial charge in [0.2, 0.25) is 0 Å². The van der Waals surface area contributed by atoms with Crippen LogP contribution in [0.5, 0.6) is 0 Å². The number of carbonyl (C=O) groups is 1. The fourth-order valence-electron chi connectivity index (χ4n) is 0.910. The fraction of sp³-hybridized carbons (Fsp3) is 0.889. The van der Waals surface area contributed by atoms with Gasteiger partial charge in [0.1, 0.15) is 5.54 Å². The van der Waals surface area contributed by atoms with Crippen LogP contribution in [-0.2, 0) is 22.8 Å². The molecule has 1 fully saturated rings. The maximum absolute atomic E-state index is 10.8. The van der Waals surface area contributed by atoms with E-state index in [1.165, 1.54) is 0 Å². The normalized spacial score (nSPS) is 19.4. The van der Waals surface area contributed by atoms with Crippen LogP contribution in [0, 0.1) is 5.92 Å². The van der Waals surface area contributed by atoms with E-state index in [9.17, 15) is 13.9 Å². The molecule has 1 saturated carbocycles. The van der Waals surface area contributed by atoms with E-state index in [-0.39, 0.29) is 12.5 Å². The summed E-state index contributed by atoms with van der Waals surface area (Å²) >= 11 is 0. The molecule has 21 heavy (non-hydrogen) atoms. The van der Waals surface area contributed by atoms with Gasteiger partial charge in [0.05, 0.1) is 6.61 Å². The highest BCUT2D eigenvalue weighted by Gasteiger charge is 2.46. The molecule has 0 amide bonds. The lowest BCUT2D eigenvalue weighted by Crippen LogP contribution is -2.31. The van der Waals surface area contributed by atoms with E-state index >= 15 is 0 Å². The van der Waals surface area contributed by atoms with Gasteiger partial charge < -0.3 is 25.5 Å². The van der Waals surface area contributed by atoms with E-state index in [2.05, 4.69) is 8.83 Å². The number of rotatable bonds is 7. The predicted molar refractivity (Wildman–Crippen MR) is 72.1 cm³/mol. The maximum atomic E-state index is 10.8. The minimum atomic E-state index is -4.99. The van der Waals surface area contributed by atoms with Crippen molar-refractivity contribution in [2.24, 2.45) is 11.7 Å². The Morgan fingerprint density at radius 3 is 2.00 bits per heavy atom. The van der Waals surface area contributed by atoms with Crippen LogP contribution in [-0.4, -0.2) is 37.9 Å². The first-order chi connectivity index (χ1) is 9.27. The molecule has 10 nitrogen and oxygen atoms in total. The van der Waals surface area contributed by atoms with Gasteiger partial charge in [-0.3, -0.25) is 9.32 Å². The van der Waals surface area contributed by atoms with E-state index in [4.69, 9.17) is 25.5 Å². The molecule has 1 aliphatic rings. The largest absolute Gasteiger partial charge is 0.481 e. The van der Waals surface area contributed by atoms with E-state index in [0.717, 1.165) is 0 Å². The van der Waals surface area contributed by atoms with Crippen molar-refractivity contribution in [3.05, 3.63) is 0 Å². The molecule has 1 aliphatic carbocycles. The molecule has 0 aromatic heterocycles. The molecule has 1 unspecified atom stereocenters. The van der Waals surface area contributed by atoms with Gasteiger partial charge in [-0.05, 0) is 25.2 Å². The van der Waals surface area contributed by atoms with Crippen molar-refractivity contribution < 1.29 is 42.5 Å². The summed E-state index contributed by atoms with van der Waals surface area (Å²) in [5.41, 5.74) is 4.36. The first-order valence-corrected chi connectivity index (χ1v) is 9.06. The van der Waals surface area contributed by atoms with Crippen molar-refractivity contribution in [3.63, 3.8) is 0 Å². The molecule has 1 rings (SSSR count). The second-order valence-corrected chi connectivity index (χ2v) is 7.85. The van der Waals surface area contributed by atoms with Gasteiger partial charge in [-0.15, -0.1) is 0 Å². The molecule has 1 atom stereocenters. The zero-order chi connectivity index (χ0) is 16.9. The molecule has 126 valence electrons. The number of hydrogen-bond acceptors (Lipinski definition) is 6. The molecule has 0 bridgehead atoms. The molecule has 0 heterocycles. The van der Waals surface area contributed by atoms with Crippen molar-refractivity contribution in [2.75, 3.05) is 6.61 Å². The molecule has 0 radical (unpaired) electrons. The molecule has 12 heteroatoms. The number of phosphoric ester groups is 1. The lowest BCUT2D eigenvalue weighted by atomic mass is 10.2. The summed E-state index contributed by atoms with van der Waals surface area (Å²) in [6, 6.07) is 0. The van der Waals surface area contributed by atoms with Crippen molar-refractivity contribution >= 4 is 21.6 Å². The molecule has 6 N–H and O–H groups in total. The van der Waals surface area contributed by atoms with E-state index in [1.807, 2.05) is 13.8 Å². The summed E-state index contributed by atoms with van der Waals surface area (Å²) in [5, 5.41) is 8.19. The zero-order valence-corrected chi connectivity index (χ0v) is 13.5. The molecular weight excluding hydrogens is 328 g/mol. The minimum absolute atomic E-state index is 0.0918. The molecule has 0 saturated heterocycles. The highest BCUT2D eigenvalue weighted by Crippen LogP contribution is 2.57. The quantitative estimate of drug-likeness (QED) is 0.413. The van der Waals surface area contributed by atoms with Crippen LogP contribution >= 0.6 is 15.6 Å². The van der Waals surface area contributed by atoms with Crippen LogP contribution in [0.15, 0.2) is 0 Å². The van der Waals surface area contributed by atoms with Crippen LogP contribution in [0.3, 0.4) is 0 Å². The Morgan fingerprint density at radius 1 is 1.29 bits per heavy atom. The lowest BCUT2D eigenvalue weighted by Gasteiger charge is -2.12. The number of aliphatic carboxylic acids is 1. The Bertz CT molecular complexity index is 442. The number of phosphoric acid groups is 2. The van der Waals surface area contributed by atoms with Crippen LogP contribution < -0.4 is 5.73 Å². The van der Waals surface area contributed by atoms with Crippen molar-refractivity contribution in [2.45, 2.75) is 38.6 Å². The Balaban J connectivity index is 0.000000471. The smallest absolute Gasteiger partial charge is 0.480 e. The van der Waals surface area contributed by atoms with Gasteiger partial charge >= 0.3 is 21.6 Å². The summed E-state index contributed by atoms with van der Waals surface area (Å²) in [5.74, 6) is -0.613. The first-order valence-electron chi connectivity index (χ1n) is 6.04. The monoisotopic (exact) mass is 349 g/mol. The zero-order valence-electron chi connectivity index (χ0n) is 11.7. The van der Waals surface area contributed by atoms with Gasteiger partial charge in [0.15, 0.2) is 0 Å². The first kappa shape index (κ1) is 20.7. The highest BCUT2D eigenvalue weighted by molar-refractivity contribution is 7.60. The van der Waals surface area contributed by atoms with Crippen molar-refractivity contribution in [3.8, 4) is 0 Å². The van der Waals surface area contributed by atoms with Gasteiger partial charge in [-0.2, -0.15) is 4.31 Å². The Morgan fingerprint density at radius 2 is 1.76 bits per heavy atom. The van der Waals surface area contributed by atoms with Crippen molar-refractivity contribution in [1.82, 2.24) is 0 Å². The topological polar surface area (TPSA) is 177 Å². The van der Waals surface area contributed by atoms with Gasteiger partial charge in [-0.1, -0.05) is 13.8 Å². The molecule has 0 aromatic carbocycles. The Kier molecular flexibility index (Phi) is 7.69. The molecule has 0 aliphatic heterocycles. The van der Waals surface area contributed by atoms with Crippen LogP contribution in [0.1, 0.15) is 33.1 Å². The van der Waals surface area contributed by atoms with Crippen molar-refractivity contribution in [1.29, 1.82) is 0 Å². The third-order valence-electron chi connectivity index (χ3n) is 2.37. The average molecular weight is 349 g/mol. The minimum Gasteiger partial charge on any atom is -0.480 e. The van der Waals surface area contributed by atoms with E-state index in [0.29, 0.717) is 19.3 Å². The number of carboxylic acid groups (broad SMARTS) is 1. The second-order valence-electron chi connectivity index (χ2n) is 5.02. The third-order valence-corrected chi connectivity index (χ3v) is 4.56. The van der Waals surface area contributed by atoms with E-state index < -0.39 is 27.2 Å². The summed E-state index contributed by atoms with van der Waals surface area (Å²) in [4.78, 5) is 35.2. The third kappa shape index (κ3) is 11.0. The van der Waals surface area contributed by atoms with Gasteiger partial charge in [-0.25, -0.2) is 9.13 Å². The Labute approximate surface area is 122 Å². The van der Waals surface area contributed by atoms with Crippen LogP contribution in [0.2, 0.25) is 0 Å². The maximum Gasteiger partial charge on any atom is 0.481 e. The highest BCUT2D eigenvalue weighted by atomic mass is 31.3. The second kappa shape index (κ2) is 7.80. The molecule has 0 aromatic rings. The number of hydrogen-bond donors (Lipinski definition) is 5. The van der Waals surface area contributed by atoms with Crippen LogP contribution in [0.25, 0.3) is 0 Å². The standard InChI is InChI=1S/C5H14O7P2.C4H7NO2/c1-5(2)3-4-11-14(9,10)12-13(6,7)8;5-4(1-2-4)3(6)7/h5H,3-4H2,1-2H3,(H,9,10)(H2,6,7,8);1-2,5H2,(H,6,7). The average Bonchev–Trinajstić information content (AvgIpc) is 2.93. The summed E-state index contributed by atoms with van der Waals surface area (Å²) in [6.45, 7) is 3.65. The lowest BCUT2D eigenvalue weighted by molar-refractivity contribution is -0.139. The van der Waals surface area contributed by atoms with Crippen LogP contribution in [0.4, 0.5) is 0 Å². The predicted octanol–water partition coefficient (Wildman–Crippen LogP) is 0.821. The number of carboxylic acids is 1.